The van der Waals surface area contributed by atoms with E-state index >= 15 is 0 Å². The van der Waals surface area contributed by atoms with Crippen molar-refractivity contribution in [3.05, 3.63) is 0 Å². The van der Waals surface area contributed by atoms with E-state index < -0.39 is 20.8 Å². The Bertz CT molecular complexity index is 369. The molecule has 0 aromatic carbocycles. The van der Waals surface area contributed by atoms with E-state index in [0.29, 0.717) is 6.42 Å². The summed E-state index contributed by atoms with van der Waals surface area (Å²) in [6, 6.07) is 0. The molecule has 2 atom stereocenters. The molecule has 1 N–H and O–H groups in total. The predicted octanol–water partition coefficient (Wildman–Crippen LogP) is -7.71. The average Bonchev–Trinajstić information content (AvgIpc) is 2.39. The van der Waals surface area contributed by atoms with E-state index in [2.05, 4.69) is 11.4 Å². The third-order valence-electron chi connectivity index (χ3n) is 3.08. The molecule has 0 aromatic rings. The molecular formula is C12H25K3O7P2. The second-order valence-electron chi connectivity index (χ2n) is 5.09. The SMILES string of the molecule is CCCCCCCCCCCOP(=O)([O-])C(O)P(=O)([O-])[O-].[K+].[K+].[K+]. The van der Waals surface area contributed by atoms with Crippen molar-refractivity contribution in [3.63, 3.8) is 0 Å². The molecule has 12 heteroatoms. The summed E-state index contributed by atoms with van der Waals surface area (Å²) in [5.41, 5.74) is -3.00. The molecule has 0 radical (unpaired) electrons. The largest absolute Gasteiger partial charge is 1.00 e. The van der Waals surface area contributed by atoms with Gasteiger partial charge in [0.05, 0.1) is 6.61 Å². The normalized spacial score (nSPS) is 14.5. The van der Waals surface area contributed by atoms with E-state index in [1.807, 2.05) is 0 Å². The van der Waals surface area contributed by atoms with Crippen LogP contribution in [0.15, 0.2) is 0 Å². The maximum Gasteiger partial charge on any atom is 1.00 e. The van der Waals surface area contributed by atoms with Crippen LogP contribution in [0.1, 0.15) is 64.7 Å². The summed E-state index contributed by atoms with van der Waals surface area (Å²) in [4.78, 5) is 32.1. The van der Waals surface area contributed by atoms with E-state index in [1.165, 1.54) is 25.7 Å². The van der Waals surface area contributed by atoms with Crippen LogP contribution in [0, 0.1) is 0 Å². The zero-order valence-corrected chi connectivity index (χ0v) is 26.6. The summed E-state index contributed by atoms with van der Waals surface area (Å²) in [5.74, 6) is 0. The second kappa shape index (κ2) is 21.4. The molecule has 0 bridgehead atoms. The number of hydrogen-bond donors (Lipinski definition) is 1. The zero-order chi connectivity index (χ0) is 16.4. The Hall–Kier alpha value is 5.17. The Morgan fingerprint density at radius 3 is 1.58 bits per heavy atom. The zero-order valence-electron chi connectivity index (χ0n) is 15.4. The van der Waals surface area contributed by atoms with Crippen LogP contribution in [0.4, 0.5) is 0 Å². The van der Waals surface area contributed by atoms with Crippen molar-refractivity contribution in [2.45, 2.75) is 70.3 Å². The summed E-state index contributed by atoms with van der Waals surface area (Å²) in [6.07, 6.45) is 9.26. The second-order valence-corrected chi connectivity index (χ2v) is 8.89. The summed E-state index contributed by atoms with van der Waals surface area (Å²) >= 11 is 0. The number of rotatable bonds is 13. The maximum absolute atomic E-state index is 11.2. The first kappa shape index (κ1) is 36.5. The van der Waals surface area contributed by atoms with E-state index in [-0.39, 0.29) is 161 Å². The fourth-order valence-corrected chi connectivity index (χ4v) is 3.95. The molecule has 0 spiro atoms. The van der Waals surface area contributed by atoms with E-state index in [1.54, 1.807) is 0 Å². The van der Waals surface area contributed by atoms with Crippen molar-refractivity contribution < 1.29 is 188 Å². The van der Waals surface area contributed by atoms with Gasteiger partial charge in [-0.15, -0.1) is 0 Å². The molecule has 0 aliphatic heterocycles. The van der Waals surface area contributed by atoms with Gasteiger partial charge in [-0.25, -0.2) is 0 Å². The molecule has 0 amide bonds. The van der Waals surface area contributed by atoms with Gasteiger partial charge in [0, 0.05) is 0 Å². The van der Waals surface area contributed by atoms with Gasteiger partial charge in [0.2, 0.25) is 0 Å². The first-order valence-corrected chi connectivity index (χ1v) is 10.6. The minimum absolute atomic E-state index is 0. The molecule has 2 unspecified atom stereocenters. The molecule has 0 heterocycles. The van der Waals surface area contributed by atoms with Gasteiger partial charge in [-0.1, -0.05) is 58.3 Å². The van der Waals surface area contributed by atoms with E-state index in [4.69, 9.17) is 5.11 Å². The van der Waals surface area contributed by atoms with Crippen molar-refractivity contribution in [2.24, 2.45) is 0 Å². The van der Waals surface area contributed by atoms with Gasteiger partial charge in [0.1, 0.15) is 5.59 Å². The van der Waals surface area contributed by atoms with Crippen molar-refractivity contribution in [1.29, 1.82) is 0 Å². The van der Waals surface area contributed by atoms with Gasteiger partial charge in [-0.2, -0.15) is 0 Å². The van der Waals surface area contributed by atoms with Crippen LogP contribution in [0.5, 0.6) is 0 Å². The van der Waals surface area contributed by atoms with Gasteiger partial charge in [0.15, 0.2) is 7.60 Å². The molecule has 0 aliphatic carbocycles. The third-order valence-corrected chi connectivity index (χ3v) is 6.46. The van der Waals surface area contributed by atoms with Crippen molar-refractivity contribution in [3.8, 4) is 0 Å². The van der Waals surface area contributed by atoms with Crippen LogP contribution in [0.2, 0.25) is 0 Å². The quantitative estimate of drug-likeness (QED) is 0.164. The summed E-state index contributed by atoms with van der Waals surface area (Å²) in [7, 11) is -10.7. The standard InChI is InChI=1S/C12H28O7P2.3K/c1-2-3-4-5-6-7-8-9-10-11-19-21(17,18)12(13)20(14,15)16;;;/h12-13H,2-11H2,1H3,(H,17,18)(H2,14,15,16);;;/q;3*+1/p-3. The predicted molar refractivity (Wildman–Crippen MR) is 74.4 cm³/mol. The maximum atomic E-state index is 11.2. The van der Waals surface area contributed by atoms with Gasteiger partial charge in [-0.05, 0) is 14.0 Å². The number of hydrogen-bond acceptors (Lipinski definition) is 7. The molecule has 0 rings (SSSR count). The molecule has 0 saturated carbocycles. The van der Waals surface area contributed by atoms with Gasteiger partial charge in [-0.3, -0.25) is 0 Å². The topological polar surface area (TPSA) is 133 Å². The van der Waals surface area contributed by atoms with Crippen LogP contribution in [-0.2, 0) is 13.7 Å². The van der Waals surface area contributed by atoms with Crippen LogP contribution < -0.4 is 169 Å². The van der Waals surface area contributed by atoms with Gasteiger partial charge in [0.25, 0.3) is 0 Å². The molecule has 0 saturated heterocycles. The van der Waals surface area contributed by atoms with Crippen molar-refractivity contribution >= 4 is 15.2 Å². The summed E-state index contributed by atoms with van der Waals surface area (Å²) in [5, 5.41) is 8.87. The first-order valence-electron chi connectivity index (χ1n) is 7.37. The van der Waals surface area contributed by atoms with Crippen LogP contribution >= 0.6 is 15.2 Å². The Balaban J connectivity index is -0.000000667. The molecule has 0 aromatic heterocycles. The molecule has 128 valence electrons. The number of aliphatic hydroxyl groups excluding tert-OH is 1. The molecular weight excluding hydrogens is 435 g/mol. The van der Waals surface area contributed by atoms with Gasteiger partial charge >= 0.3 is 154 Å². The average molecular weight is 461 g/mol. The fraction of sp³-hybridized carbons (Fsp3) is 1.00. The van der Waals surface area contributed by atoms with E-state index in [0.717, 1.165) is 25.7 Å². The Labute approximate surface area is 273 Å². The fourth-order valence-electron chi connectivity index (χ4n) is 1.84. The summed E-state index contributed by atoms with van der Waals surface area (Å²) < 4.78 is 26.0. The van der Waals surface area contributed by atoms with Crippen molar-refractivity contribution in [2.75, 3.05) is 6.61 Å². The minimum atomic E-state index is -5.60. The van der Waals surface area contributed by atoms with Crippen LogP contribution in [0.3, 0.4) is 0 Å². The van der Waals surface area contributed by atoms with Crippen molar-refractivity contribution in [1.82, 2.24) is 0 Å². The Kier molecular flexibility index (Phi) is 32.6. The Morgan fingerprint density at radius 1 is 0.833 bits per heavy atom. The van der Waals surface area contributed by atoms with Crippen LogP contribution in [0.25, 0.3) is 0 Å². The van der Waals surface area contributed by atoms with Gasteiger partial charge < -0.3 is 33.4 Å². The molecule has 7 nitrogen and oxygen atoms in total. The minimum Gasteiger partial charge on any atom is -0.809 e. The Morgan fingerprint density at radius 2 is 1.21 bits per heavy atom. The number of aliphatic hydroxyl groups is 1. The van der Waals surface area contributed by atoms with E-state index in [9.17, 15) is 23.8 Å². The smallest absolute Gasteiger partial charge is 0.809 e. The first-order chi connectivity index (χ1) is 9.72. The number of unbranched alkanes of at least 4 members (excludes halogenated alkanes) is 8. The molecule has 0 aliphatic rings. The van der Waals surface area contributed by atoms with Crippen LogP contribution in [-0.4, -0.2) is 17.3 Å². The molecule has 24 heavy (non-hydrogen) atoms. The monoisotopic (exact) mass is 460 g/mol. The molecule has 0 fully saturated rings. The summed E-state index contributed by atoms with van der Waals surface area (Å²) in [6.45, 7) is 1.94. The third kappa shape index (κ3) is 20.4.